The van der Waals surface area contributed by atoms with Crippen LogP contribution in [-0.2, 0) is 19.1 Å². The highest BCUT2D eigenvalue weighted by atomic mass is 19.4. The second kappa shape index (κ2) is 5.34. The van der Waals surface area contributed by atoms with Gasteiger partial charge in [0.05, 0.1) is 11.8 Å². The van der Waals surface area contributed by atoms with E-state index in [1.165, 1.54) is 4.68 Å². The van der Waals surface area contributed by atoms with Crippen molar-refractivity contribution in [3.63, 3.8) is 0 Å². The summed E-state index contributed by atoms with van der Waals surface area (Å²) in [4.78, 5) is 0. The lowest BCUT2D eigenvalue weighted by molar-refractivity contribution is -0.137. The first-order valence-electron chi connectivity index (χ1n) is 5.89. The summed E-state index contributed by atoms with van der Waals surface area (Å²) < 4.78 is 38.4. The van der Waals surface area contributed by atoms with E-state index >= 15 is 0 Å². The monoisotopic (exact) mass is 269 g/mol. The van der Waals surface area contributed by atoms with Crippen LogP contribution in [0.2, 0.25) is 0 Å². The number of aromatic nitrogens is 2. The molecule has 2 rings (SSSR count). The molecule has 0 spiro atoms. The lowest BCUT2D eigenvalue weighted by Crippen LogP contribution is -2.04. The van der Waals surface area contributed by atoms with Crippen LogP contribution >= 0.6 is 0 Å². The molecule has 102 valence electrons. The number of anilines is 1. The number of aryl methyl sites for hydroxylation is 2. The molecule has 0 saturated carbocycles. The minimum Gasteiger partial charge on any atom is -0.399 e. The Morgan fingerprint density at radius 1 is 1.16 bits per heavy atom. The average Bonchev–Trinajstić information content (AvgIpc) is 2.80. The van der Waals surface area contributed by atoms with Gasteiger partial charge in [-0.25, -0.2) is 0 Å². The number of nitrogen functional groups attached to an aromatic ring is 1. The predicted molar refractivity (Wildman–Crippen MR) is 66.4 cm³/mol. The van der Waals surface area contributed by atoms with Crippen molar-refractivity contribution in [1.82, 2.24) is 9.78 Å². The van der Waals surface area contributed by atoms with E-state index in [1.54, 1.807) is 0 Å². The van der Waals surface area contributed by atoms with Crippen LogP contribution < -0.4 is 5.73 Å². The SMILES string of the molecule is Nc1ccc(CCCn2cc(C(F)(F)F)cn2)cc1. The highest BCUT2D eigenvalue weighted by Crippen LogP contribution is 2.28. The van der Waals surface area contributed by atoms with E-state index in [9.17, 15) is 13.2 Å². The fourth-order valence-electron chi connectivity index (χ4n) is 1.76. The first-order chi connectivity index (χ1) is 8.95. The molecule has 1 aromatic heterocycles. The van der Waals surface area contributed by atoms with Crippen molar-refractivity contribution in [3.8, 4) is 0 Å². The Hall–Kier alpha value is -1.98. The zero-order valence-electron chi connectivity index (χ0n) is 10.2. The zero-order valence-corrected chi connectivity index (χ0v) is 10.2. The quantitative estimate of drug-likeness (QED) is 0.867. The minimum atomic E-state index is -4.32. The molecule has 3 nitrogen and oxygen atoms in total. The van der Waals surface area contributed by atoms with Gasteiger partial charge in [0.2, 0.25) is 0 Å². The molecule has 2 aromatic rings. The first kappa shape index (κ1) is 13.5. The second-order valence-corrected chi connectivity index (χ2v) is 4.33. The van der Waals surface area contributed by atoms with E-state index in [2.05, 4.69) is 5.10 Å². The molecule has 0 atom stereocenters. The molecule has 0 bridgehead atoms. The maximum atomic E-state index is 12.4. The summed E-state index contributed by atoms with van der Waals surface area (Å²) >= 11 is 0. The third kappa shape index (κ3) is 3.74. The standard InChI is InChI=1S/C13H14F3N3/c14-13(15,16)11-8-18-19(9-11)7-1-2-10-3-5-12(17)6-4-10/h3-6,8-9H,1-2,7,17H2. The van der Waals surface area contributed by atoms with Gasteiger partial charge in [-0.2, -0.15) is 18.3 Å². The average molecular weight is 269 g/mol. The Balaban J connectivity index is 1.86. The molecular weight excluding hydrogens is 255 g/mol. The van der Waals surface area contributed by atoms with Crippen LogP contribution in [-0.4, -0.2) is 9.78 Å². The Morgan fingerprint density at radius 3 is 2.42 bits per heavy atom. The van der Waals surface area contributed by atoms with Crippen LogP contribution in [0.1, 0.15) is 17.5 Å². The number of nitrogens with two attached hydrogens (primary N) is 1. The van der Waals surface area contributed by atoms with E-state index in [-0.39, 0.29) is 0 Å². The Kier molecular flexibility index (Phi) is 3.78. The van der Waals surface area contributed by atoms with E-state index in [0.29, 0.717) is 12.2 Å². The van der Waals surface area contributed by atoms with Crippen molar-refractivity contribution < 1.29 is 13.2 Å². The molecule has 0 aliphatic rings. The van der Waals surface area contributed by atoms with Gasteiger partial charge in [0.25, 0.3) is 0 Å². The lowest BCUT2D eigenvalue weighted by Gasteiger charge is -2.03. The first-order valence-corrected chi connectivity index (χ1v) is 5.89. The molecule has 0 aliphatic heterocycles. The summed E-state index contributed by atoms with van der Waals surface area (Å²) in [7, 11) is 0. The maximum Gasteiger partial charge on any atom is 0.419 e. The zero-order chi connectivity index (χ0) is 13.9. The summed E-state index contributed by atoms with van der Waals surface area (Å²) in [6.07, 6.45) is -0.939. The maximum absolute atomic E-state index is 12.4. The second-order valence-electron chi connectivity index (χ2n) is 4.33. The van der Waals surface area contributed by atoms with E-state index in [4.69, 9.17) is 5.73 Å². The Labute approximate surface area is 108 Å². The normalized spacial score (nSPS) is 11.7. The fraction of sp³-hybridized carbons (Fsp3) is 0.308. The Morgan fingerprint density at radius 2 is 1.84 bits per heavy atom. The number of hydrogen-bond acceptors (Lipinski definition) is 2. The van der Waals surface area contributed by atoms with Crippen LogP contribution in [0, 0.1) is 0 Å². The molecule has 0 amide bonds. The van der Waals surface area contributed by atoms with Gasteiger partial charge in [0.15, 0.2) is 0 Å². The Bertz CT molecular complexity index is 529. The topological polar surface area (TPSA) is 43.8 Å². The molecule has 0 saturated heterocycles. The van der Waals surface area contributed by atoms with Crippen molar-refractivity contribution >= 4 is 5.69 Å². The van der Waals surface area contributed by atoms with Crippen LogP contribution in [0.15, 0.2) is 36.7 Å². The number of hydrogen-bond donors (Lipinski definition) is 1. The van der Waals surface area contributed by atoms with Gasteiger partial charge in [-0.15, -0.1) is 0 Å². The molecular formula is C13H14F3N3. The van der Waals surface area contributed by atoms with Crippen molar-refractivity contribution in [2.45, 2.75) is 25.6 Å². The van der Waals surface area contributed by atoms with Gasteiger partial charge in [-0.05, 0) is 30.5 Å². The number of alkyl halides is 3. The summed E-state index contributed by atoms with van der Waals surface area (Å²) in [6.45, 7) is 0.459. The third-order valence-electron chi connectivity index (χ3n) is 2.79. The molecule has 0 unspecified atom stereocenters. The lowest BCUT2D eigenvalue weighted by atomic mass is 10.1. The smallest absolute Gasteiger partial charge is 0.399 e. The number of rotatable bonds is 4. The van der Waals surface area contributed by atoms with Crippen LogP contribution in [0.25, 0.3) is 0 Å². The van der Waals surface area contributed by atoms with E-state index in [0.717, 1.165) is 30.8 Å². The molecule has 0 aliphatic carbocycles. The molecule has 2 N–H and O–H groups in total. The number of benzene rings is 1. The highest BCUT2D eigenvalue weighted by Gasteiger charge is 2.31. The summed E-state index contributed by atoms with van der Waals surface area (Å²) in [6, 6.07) is 7.45. The van der Waals surface area contributed by atoms with Crippen molar-refractivity contribution in [2.75, 3.05) is 5.73 Å². The largest absolute Gasteiger partial charge is 0.419 e. The molecule has 6 heteroatoms. The molecule has 1 aromatic carbocycles. The van der Waals surface area contributed by atoms with Gasteiger partial charge in [0, 0.05) is 18.4 Å². The highest BCUT2D eigenvalue weighted by molar-refractivity contribution is 5.39. The summed E-state index contributed by atoms with van der Waals surface area (Å²) in [5, 5.41) is 3.70. The summed E-state index contributed by atoms with van der Waals surface area (Å²) in [5.74, 6) is 0. The van der Waals surface area contributed by atoms with Crippen molar-refractivity contribution in [3.05, 3.63) is 47.8 Å². The molecule has 0 radical (unpaired) electrons. The molecule has 0 fully saturated rings. The van der Waals surface area contributed by atoms with Gasteiger partial charge < -0.3 is 5.73 Å². The van der Waals surface area contributed by atoms with Gasteiger partial charge in [-0.3, -0.25) is 4.68 Å². The van der Waals surface area contributed by atoms with Crippen molar-refractivity contribution in [2.24, 2.45) is 0 Å². The van der Waals surface area contributed by atoms with Crippen LogP contribution in [0.5, 0.6) is 0 Å². The van der Waals surface area contributed by atoms with Gasteiger partial charge in [0.1, 0.15) is 0 Å². The number of nitrogens with zero attached hydrogens (tertiary/aromatic N) is 2. The molecule has 19 heavy (non-hydrogen) atoms. The minimum absolute atomic E-state index is 0.459. The number of halogens is 3. The van der Waals surface area contributed by atoms with Gasteiger partial charge in [-0.1, -0.05) is 12.1 Å². The third-order valence-corrected chi connectivity index (χ3v) is 2.79. The van der Waals surface area contributed by atoms with E-state index in [1.807, 2.05) is 24.3 Å². The fourth-order valence-corrected chi connectivity index (χ4v) is 1.76. The van der Waals surface area contributed by atoms with E-state index < -0.39 is 11.7 Å². The van der Waals surface area contributed by atoms with Crippen LogP contribution in [0.4, 0.5) is 18.9 Å². The van der Waals surface area contributed by atoms with Crippen molar-refractivity contribution in [1.29, 1.82) is 0 Å². The van der Waals surface area contributed by atoms with Gasteiger partial charge >= 0.3 is 6.18 Å². The summed E-state index contributed by atoms with van der Waals surface area (Å²) in [5.41, 5.74) is 6.67. The van der Waals surface area contributed by atoms with Crippen LogP contribution in [0.3, 0.4) is 0 Å². The molecule has 1 heterocycles. The predicted octanol–water partition coefficient (Wildman–Crippen LogP) is 3.12.